The molecule has 0 aromatic carbocycles. The zero-order chi connectivity index (χ0) is 7.98. The Labute approximate surface area is 64.6 Å². The Morgan fingerprint density at radius 2 is 1.80 bits per heavy atom. The van der Waals surface area contributed by atoms with Crippen LogP contribution >= 0.6 is 0 Å². The molecule has 0 unspecified atom stereocenters. The molecule has 58 valence electrons. The fraction of sp³-hybridized carbons (Fsp3) is 0.600. The summed E-state index contributed by atoms with van der Waals surface area (Å²) in [7, 11) is 0. The topological polar surface area (TPSA) is 0 Å². The molecule has 0 aromatic heterocycles. The van der Waals surface area contributed by atoms with E-state index in [9.17, 15) is 0 Å². The van der Waals surface area contributed by atoms with Crippen LogP contribution in [0.1, 0.15) is 40.5 Å². The Hall–Kier alpha value is -0.520. The molecule has 0 N–H and O–H groups in total. The molecule has 0 radical (unpaired) electrons. The highest BCUT2D eigenvalue weighted by atomic mass is 13.9. The Morgan fingerprint density at radius 3 is 2.20 bits per heavy atom. The summed E-state index contributed by atoms with van der Waals surface area (Å²) in [5, 5.41) is 0. The third-order valence-electron chi connectivity index (χ3n) is 1.82. The molecule has 0 spiro atoms. The van der Waals surface area contributed by atoms with Gasteiger partial charge in [0.15, 0.2) is 0 Å². The quantitative estimate of drug-likeness (QED) is 0.522. The van der Waals surface area contributed by atoms with E-state index < -0.39 is 0 Å². The van der Waals surface area contributed by atoms with Crippen LogP contribution in [0, 0.1) is 0 Å². The molecule has 0 aliphatic rings. The van der Waals surface area contributed by atoms with Gasteiger partial charge in [0.05, 0.1) is 0 Å². The first-order chi connectivity index (χ1) is 4.70. The van der Waals surface area contributed by atoms with Gasteiger partial charge in [-0.3, -0.25) is 0 Å². The van der Waals surface area contributed by atoms with Gasteiger partial charge in [-0.05, 0) is 33.6 Å². The van der Waals surface area contributed by atoms with Gasteiger partial charge in [0.25, 0.3) is 0 Å². The van der Waals surface area contributed by atoms with Gasteiger partial charge in [-0.2, -0.15) is 0 Å². The molecule has 0 aromatic rings. The zero-order valence-electron chi connectivity index (χ0n) is 7.57. The average Bonchev–Trinajstić information content (AvgIpc) is 1.99. The first-order valence-corrected chi connectivity index (χ1v) is 3.98. The molecule has 0 heterocycles. The van der Waals surface area contributed by atoms with E-state index >= 15 is 0 Å². The normalized spacial score (nSPS) is 14.0. The van der Waals surface area contributed by atoms with Crippen molar-refractivity contribution in [3.63, 3.8) is 0 Å². The predicted octanol–water partition coefficient (Wildman–Crippen LogP) is 3.70. The molecule has 0 atom stereocenters. The number of hydrogen-bond donors (Lipinski definition) is 0. The maximum atomic E-state index is 2.30. The van der Waals surface area contributed by atoms with Crippen LogP contribution in [0.2, 0.25) is 0 Å². The van der Waals surface area contributed by atoms with E-state index in [4.69, 9.17) is 0 Å². The van der Waals surface area contributed by atoms with Gasteiger partial charge in [0, 0.05) is 0 Å². The lowest BCUT2D eigenvalue weighted by atomic mass is 10.1. The standard InChI is InChI=1S/C10H18/c1-5-9(3)7-8-10(4)6-2/h5,8H,6-7H2,1-4H3/b9-5+,10-8+. The largest absolute Gasteiger partial charge is 0.0884 e. The van der Waals surface area contributed by atoms with E-state index in [1.54, 1.807) is 0 Å². The molecule has 0 fully saturated rings. The first kappa shape index (κ1) is 9.48. The summed E-state index contributed by atoms with van der Waals surface area (Å²) in [4.78, 5) is 0. The predicted molar refractivity (Wildman–Crippen MR) is 48.1 cm³/mol. The second-order valence-corrected chi connectivity index (χ2v) is 2.74. The van der Waals surface area contributed by atoms with Crippen LogP contribution in [0.5, 0.6) is 0 Å². The number of hydrogen-bond acceptors (Lipinski definition) is 0. The third kappa shape index (κ3) is 4.37. The maximum Gasteiger partial charge on any atom is -0.0139 e. The minimum atomic E-state index is 1.12. The second-order valence-electron chi connectivity index (χ2n) is 2.74. The minimum Gasteiger partial charge on any atom is -0.0884 e. The smallest absolute Gasteiger partial charge is 0.0139 e. The Kier molecular flexibility index (Phi) is 5.00. The van der Waals surface area contributed by atoms with Gasteiger partial charge in [0.1, 0.15) is 0 Å². The molecule has 0 saturated carbocycles. The van der Waals surface area contributed by atoms with Crippen LogP contribution < -0.4 is 0 Å². The lowest BCUT2D eigenvalue weighted by Crippen LogP contribution is -1.74. The summed E-state index contributed by atoms with van der Waals surface area (Å²) in [6.45, 7) is 8.63. The molecule has 0 rings (SSSR count). The van der Waals surface area contributed by atoms with Crippen LogP contribution in [0.15, 0.2) is 23.3 Å². The summed E-state index contributed by atoms with van der Waals surface area (Å²) in [5.74, 6) is 0. The number of allylic oxidation sites excluding steroid dienone is 4. The van der Waals surface area contributed by atoms with E-state index in [1.807, 2.05) is 0 Å². The highest BCUT2D eigenvalue weighted by Gasteiger charge is 1.84. The molecule has 0 nitrogen and oxygen atoms in total. The molecule has 10 heavy (non-hydrogen) atoms. The highest BCUT2D eigenvalue weighted by Crippen LogP contribution is 2.05. The molecule has 0 heteroatoms. The van der Waals surface area contributed by atoms with Crippen LogP contribution in [-0.4, -0.2) is 0 Å². The van der Waals surface area contributed by atoms with Gasteiger partial charge >= 0.3 is 0 Å². The van der Waals surface area contributed by atoms with E-state index in [-0.39, 0.29) is 0 Å². The number of rotatable bonds is 3. The van der Waals surface area contributed by atoms with E-state index in [1.165, 1.54) is 17.6 Å². The van der Waals surface area contributed by atoms with Crippen LogP contribution in [0.4, 0.5) is 0 Å². The Morgan fingerprint density at radius 1 is 1.20 bits per heavy atom. The fourth-order valence-corrected chi connectivity index (χ4v) is 0.597. The van der Waals surface area contributed by atoms with Crippen molar-refractivity contribution in [3.05, 3.63) is 23.3 Å². The monoisotopic (exact) mass is 138 g/mol. The lowest BCUT2D eigenvalue weighted by Gasteiger charge is -1.95. The van der Waals surface area contributed by atoms with E-state index in [2.05, 4.69) is 39.8 Å². The van der Waals surface area contributed by atoms with Crippen molar-refractivity contribution in [2.75, 3.05) is 0 Å². The summed E-state index contributed by atoms with van der Waals surface area (Å²) in [6.07, 6.45) is 6.77. The van der Waals surface area contributed by atoms with Gasteiger partial charge in [0.2, 0.25) is 0 Å². The highest BCUT2D eigenvalue weighted by molar-refractivity contribution is 5.07. The van der Waals surface area contributed by atoms with E-state index in [0.29, 0.717) is 0 Å². The minimum absolute atomic E-state index is 1.12. The molecular weight excluding hydrogens is 120 g/mol. The van der Waals surface area contributed by atoms with Gasteiger partial charge in [-0.15, -0.1) is 0 Å². The van der Waals surface area contributed by atoms with Crippen molar-refractivity contribution in [1.82, 2.24) is 0 Å². The summed E-state index contributed by atoms with van der Waals surface area (Å²) in [5.41, 5.74) is 2.94. The lowest BCUT2D eigenvalue weighted by molar-refractivity contribution is 1.06. The van der Waals surface area contributed by atoms with E-state index in [0.717, 1.165) is 6.42 Å². The van der Waals surface area contributed by atoms with Crippen molar-refractivity contribution in [1.29, 1.82) is 0 Å². The molecule has 0 saturated heterocycles. The second kappa shape index (κ2) is 5.28. The summed E-state index contributed by atoms with van der Waals surface area (Å²) < 4.78 is 0. The first-order valence-electron chi connectivity index (χ1n) is 3.98. The summed E-state index contributed by atoms with van der Waals surface area (Å²) >= 11 is 0. The van der Waals surface area contributed by atoms with Crippen molar-refractivity contribution < 1.29 is 0 Å². The molecule has 0 bridgehead atoms. The molecule has 0 amide bonds. The van der Waals surface area contributed by atoms with Gasteiger partial charge < -0.3 is 0 Å². The van der Waals surface area contributed by atoms with Crippen molar-refractivity contribution in [2.45, 2.75) is 40.5 Å². The third-order valence-corrected chi connectivity index (χ3v) is 1.82. The fourth-order valence-electron chi connectivity index (χ4n) is 0.597. The Balaban J connectivity index is 3.72. The van der Waals surface area contributed by atoms with Crippen molar-refractivity contribution in [3.8, 4) is 0 Å². The Bertz CT molecular complexity index is 138. The zero-order valence-corrected chi connectivity index (χ0v) is 7.57. The molecule has 0 aliphatic heterocycles. The van der Waals surface area contributed by atoms with Gasteiger partial charge in [-0.1, -0.05) is 30.2 Å². The van der Waals surface area contributed by atoms with Gasteiger partial charge in [-0.25, -0.2) is 0 Å². The molecular formula is C10H18. The van der Waals surface area contributed by atoms with Crippen molar-refractivity contribution in [2.24, 2.45) is 0 Å². The average molecular weight is 138 g/mol. The molecule has 0 aliphatic carbocycles. The van der Waals surface area contributed by atoms with Crippen molar-refractivity contribution >= 4 is 0 Å². The maximum absolute atomic E-state index is 2.30. The van der Waals surface area contributed by atoms with Crippen LogP contribution in [-0.2, 0) is 0 Å². The van der Waals surface area contributed by atoms with Crippen LogP contribution in [0.25, 0.3) is 0 Å². The SMILES string of the molecule is C/C=C(\C)C/C=C(\C)CC. The summed E-state index contributed by atoms with van der Waals surface area (Å²) in [6, 6.07) is 0. The van der Waals surface area contributed by atoms with Crippen LogP contribution in [0.3, 0.4) is 0 Å².